The van der Waals surface area contributed by atoms with E-state index in [1.807, 2.05) is 0 Å². The van der Waals surface area contributed by atoms with E-state index in [1.54, 1.807) is 0 Å². The van der Waals surface area contributed by atoms with E-state index in [0.29, 0.717) is 6.54 Å². The summed E-state index contributed by atoms with van der Waals surface area (Å²) >= 11 is 3.13. The fourth-order valence-corrected chi connectivity index (χ4v) is 3.96. The average Bonchev–Trinajstić information content (AvgIpc) is 2.38. The molecule has 0 radical (unpaired) electrons. The van der Waals surface area contributed by atoms with Crippen LogP contribution in [0.4, 0.5) is 0 Å². The molecule has 1 aromatic rings. The third-order valence-electron chi connectivity index (χ3n) is 2.94. The van der Waals surface area contributed by atoms with Crippen LogP contribution in [0.25, 0.3) is 0 Å². The van der Waals surface area contributed by atoms with Gasteiger partial charge in [-0.2, -0.15) is 0 Å². The summed E-state index contributed by atoms with van der Waals surface area (Å²) in [5.41, 5.74) is 0.0458. The van der Waals surface area contributed by atoms with Crippen molar-refractivity contribution in [3.8, 4) is 0 Å². The number of rotatable bonds is 7. The van der Waals surface area contributed by atoms with Crippen molar-refractivity contribution in [3.63, 3.8) is 0 Å². The van der Waals surface area contributed by atoms with Crippen LogP contribution in [0, 0.1) is 0 Å². The van der Waals surface area contributed by atoms with Crippen molar-refractivity contribution in [3.05, 3.63) is 28.2 Å². The van der Waals surface area contributed by atoms with Gasteiger partial charge < -0.3 is 5.11 Å². The second-order valence-electron chi connectivity index (χ2n) is 4.48. The molecule has 0 fully saturated rings. The fraction of sp³-hybridized carbons (Fsp3) is 0.462. The molecule has 7 heteroatoms. The molecular formula is C13H18BrNO4S. The first-order valence-corrected chi connectivity index (χ1v) is 8.53. The van der Waals surface area contributed by atoms with Gasteiger partial charge in [0.25, 0.3) is 0 Å². The molecule has 0 unspecified atom stereocenters. The minimum absolute atomic E-state index is 0.0458. The lowest BCUT2D eigenvalue weighted by Gasteiger charge is -2.18. The van der Waals surface area contributed by atoms with Crippen molar-refractivity contribution in [2.75, 3.05) is 13.6 Å². The van der Waals surface area contributed by atoms with Crippen LogP contribution in [-0.2, 0) is 10.0 Å². The van der Waals surface area contributed by atoms with E-state index in [9.17, 15) is 13.2 Å². The zero-order chi connectivity index (χ0) is 15.3. The summed E-state index contributed by atoms with van der Waals surface area (Å²) in [5.74, 6) is -1.09. The highest BCUT2D eigenvalue weighted by atomic mass is 79.9. The van der Waals surface area contributed by atoms with Crippen LogP contribution >= 0.6 is 15.9 Å². The number of carboxylic acids is 1. The maximum atomic E-state index is 12.4. The molecule has 0 aliphatic heterocycles. The zero-order valence-electron chi connectivity index (χ0n) is 11.5. The van der Waals surface area contributed by atoms with Gasteiger partial charge in [0.05, 0.1) is 10.5 Å². The Morgan fingerprint density at radius 1 is 1.35 bits per heavy atom. The van der Waals surface area contributed by atoms with Gasteiger partial charge in [-0.15, -0.1) is 0 Å². The lowest BCUT2D eigenvalue weighted by atomic mass is 10.2. The van der Waals surface area contributed by atoms with E-state index >= 15 is 0 Å². The molecule has 0 bridgehead atoms. The van der Waals surface area contributed by atoms with E-state index in [0.717, 1.165) is 19.3 Å². The lowest BCUT2D eigenvalue weighted by molar-refractivity contribution is 0.0696. The normalized spacial score (nSPS) is 11.8. The summed E-state index contributed by atoms with van der Waals surface area (Å²) in [5, 5.41) is 8.87. The number of carboxylic acid groups (broad SMARTS) is 1. The van der Waals surface area contributed by atoms with Crippen LogP contribution in [0.3, 0.4) is 0 Å². The highest BCUT2D eigenvalue weighted by molar-refractivity contribution is 9.10. The van der Waals surface area contributed by atoms with Gasteiger partial charge in [0, 0.05) is 18.1 Å². The number of hydrogen-bond acceptors (Lipinski definition) is 3. The number of benzene rings is 1. The quantitative estimate of drug-likeness (QED) is 0.755. The third-order valence-corrected chi connectivity index (χ3v) is 5.78. The number of sulfonamides is 1. The summed E-state index contributed by atoms with van der Waals surface area (Å²) in [6.07, 6.45) is 2.79. The van der Waals surface area contributed by atoms with Gasteiger partial charge in [0.2, 0.25) is 10.0 Å². The van der Waals surface area contributed by atoms with E-state index < -0.39 is 16.0 Å². The molecule has 0 aliphatic rings. The molecule has 0 saturated carbocycles. The van der Waals surface area contributed by atoms with Crippen molar-refractivity contribution in [1.82, 2.24) is 4.31 Å². The predicted octanol–water partition coefficient (Wildman–Crippen LogP) is 2.96. The van der Waals surface area contributed by atoms with Gasteiger partial charge in [0.1, 0.15) is 0 Å². The summed E-state index contributed by atoms with van der Waals surface area (Å²) in [4.78, 5) is 10.9. The number of halogens is 1. The minimum atomic E-state index is -3.60. The standard InChI is InChI=1S/C13H18BrNO4S/c1-3-4-5-8-15(2)20(18,19)12-7-6-10(13(16)17)9-11(12)14/h6-7,9H,3-5,8H2,1-2H3,(H,16,17). The SMILES string of the molecule is CCCCCN(C)S(=O)(=O)c1ccc(C(=O)O)cc1Br. The Morgan fingerprint density at radius 2 is 2.00 bits per heavy atom. The van der Waals surface area contributed by atoms with E-state index in [-0.39, 0.29) is 14.9 Å². The Labute approximate surface area is 127 Å². The first-order valence-electron chi connectivity index (χ1n) is 6.30. The Hall–Kier alpha value is -0.920. The topological polar surface area (TPSA) is 74.7 Å². The third kappa shape index (κ3) is 4.04. The Bertz CT molecular complexity index is 586. The Kier molecular flexibility index (Phi) is 6.16. The summed E-state index contributed by atoms with van der Waals surface area (Å²) in [7, 11) is -2.07. The van der Waals surface area contributed by atoms with Gasteiger partial charge >= 0.3 is 5.97 Å². The summed E-state index contributed by atoms with van der Waals surface area (Å²) in [6, 6.07) is 3.91. The fourth-order valence-electron chi connectivity index (χ4n) is 1.72. The molecule has 112 valence electrons. The average molecular weight is 364 g/mol. The summed E-state index contributed by atoms with van der Waals surface area (Å²) < 4.78 is 26.3. The molecule has 0 heterocycles. The second-order valence-corrected chi connectivity index (χ2v) is 7.35. The van der Waals surface area contributed by atoms with Crippen molar-refractivity contribution in [1.29, 1.82) is 0 Å². The van der Waals surface area contributed by atoms with Crippen LogP contribution in [0.1, 0.15) is 36.5 Å². The molecule has 0 amide bonds. The van der Waals surface area contributed by atoms with E-state index in [1.165, 1.54) is 29.6 Å². The minimum Gasteiger partial charge on any atom is -0.478 e. The van der Waals surface area contributed by atoms with Gasteiger partial charge in [-0.05, 0) is 40.5 Å². The zero-order valence-corrected chi connectivity index (χ0v) is 13.9. The number of unbranched alkanes of at least 4 members (excludes halogenated alkanes) is 2. The molecule has 0 saturated heterocycles. The van der Waals surface area contributed by atoms with Crippen molar-refractivity contribution < 1.29 is 18.3 Å². The van der Waals surface area contributed by atoms with Gasteiger partial charge in [0.15, 0.2) is 0 Å². The number of nitrogens with zero attached hydrogens (tertiary/aromatic N) is 1. The van der Waals surface area contributed by atoms with Crippen molar-refractivity contribution in [2.45, 2.75) is 31.1 Å². The maximum absolute atomic E-state index is 12.4. The van der Waals surface area contributed by atoms with Gasteiger partial charge in [-0.3, -0.25) is 0 Å². The monoisotopic (exact) mass is 363 g/mol. The number of carbonyl (C=O) groups is 1. The van der Waals surface area contributed by atoms with Gasteiger partial charge in [-0.25, -0.2) is 17.5 Å². The van der Waals surface area contributed by atoms with Crippen LogP contribution in [0.5, 0.6) is 0 Å². The molecule has 1 rings (SSSR count). The van der Waals surface area contributed by atoms with Crippen molar-refractivity contribution >= 4 is 31.9 Å². The Balaban J connectivity index is 3.00. The molecular weight excluding hydrogens is 346 g/mol. The predicted molar refractivity (Wildman–Crippen MR) is 80.4 cm³/mol. The van der Waals surface area contributed by atoms with Gasteiger partial charge in [-0.1, -0.05) is 19.8 Å². The number of aromatic carboxylic acids is 1. The molecule has 0 atom stereocenters. The molecule has 0 aromatic heterocycles. The second kappa shape index (κ2) is 7.19. The highest BCUT2D eigenvalue weighted by Crippen LogP contribution is 2.26. The number of hydrogen-bond donors (Lipinski definition) is 1. The first kappa shape index (κ1) is 17.1. The van der Waals surface area contributed by atoms with Crippen LogP contribution in [0.15, 0.2) is 27.6 Å². The van der Waals surface area contributed by atoms with E-state index in [2.05, 4.69) is 22.9 Å². The van der Waals surface area contributed by atoms with Crippen molar-refractivity contribution in [2.24, 2.45) is 0 Å². The van der Waals surface area contributed by atoms with Crippen LogP contribution in [0.2, 0.25) is 0 Å². The highest BCUT2D eigenvalue weighted by Gasteiger charge is 2.23. The Morgan fingerprint density at radius 3 is 2.50 bits per heavy atom. The molecule has 0 spiro atoms. The maximum Gasteiger partial charge on any atom is 0.335 e. The lowest BCUT2D eigenvalue weighted by Crippen LogP contribution is -2.28. The van der Waals surface area contributed by atoms with Crippen LogP contribution in [-0.4, -0.2) is 37.4 Å². The molecule has 5 nitrogen and oxygen atoms in total. The summed E-state index contributed by atoms with van der Waals surface area (Å²) in [6.45, 7) is 2.50. The smallest absolute Gasteiger partial charge is 0.335 e. The largest absolute Gasteiger partial charge is 0.478 e. The molecule has 20 heavy (non-hydrogen) atoms. The molecule has 1 N–H and O–H groups in total. The first-order chi connectivity index (χ1) is 9.30. The van der Waals surface area contributed by atoms with E-state index in [4.69, 9.17) is 5.11 Å². The molecule has 0 aliphatic carbocycles. The van der Waals surface area contributed by atoms with Crippen LogP contribution < -0.4 is 0 Å². The molecule has 1 aromatic carbocycles.